The monoisotopic (exact) mass is 455 g/mol. The molecule has 2 aromatic rings. The SMILES string of the molecule is O=C1C[C@H](C(=O)N2CCN(S(=O)(=O)Cc3ccccc3)CC2)CN1CCc1ccccc1. The lowest BCUT2D eigenvalue weighted by Gasteiger charge is -2.35. The lowest BCUT2D eigenvalue weighted by atomic mass is 10.1. The average Bonchev–Trinajstić information content (AvgIpc) is 3.19. The Morgan fingerprint density at radius 3 is 2.09 bits per heavy atom. The minimum atomic E-state index is -3.42. The summed E-state index contributed by atoms with van der Waals surface area (Å²) in [5.74, 6) is -0.398. The van der Waals surface area contributed by atoms with Crippen molar-refractivity contribution >= 4 is 21.8 Å². The van der Waals surface area contributed by atoms with Crippen LogP contribution >= 0.6 is 0 Å². The summed E-state index contributed by atoms with van der Waals surface area (Å²) in [5.41, 5.74) is 1.92. The van der Waals surface area contributed by atoms with E-state index in [1.807, 2.05) is 48.5 Å². The lowest BCUT2D eigenvalue weighted by molar-refractivity contribution is -0.137. The summed E-state index contributed by atoms with van der Waals surface area (Å²) in [6.07, 6.45) is 1.01. The zero-order valence-corrected chi connectivity index (χ0v) is 18.9. The number of likely N-dealkylation sites (tertiary alicyclic amines) is 1. The molecule has 2 saturated heterocycles. The van der Waals surface area contributed by atoms with E-state index in [0.717, 1.165) is 12.0 Å². The van der Waals surface area contributed by atoms with Gasteiger partial charge in [0, 0.05) is 45.7 Å². The van der Waals surface area contributed by atoms with E-state index in [1.165, 1.54) is 9.87 Å². The van der Waals surface area contributed by atoms with Gasteiger partial charge in [-0.25, -0.2) is 8.42 Å². The smallest absolute Gasteiger partial charge is 0.228 e. The molecule has 0 N–H and O–H groups in total. The Labute approximate surface area is 189 Å². The molecular weight excluding hydrogens is 426 g/mol. The predicted molar refractivity (Wildman–Crippen MR) is 122 cm³/mol. The van der Waals surface area contributed by atoms with Gasteiger partial charge in [-0.2, -0.15) is 4.31 Å². The first-order valence-corrected chi connectivity index (χ1v) is 12.7. The number of hydrogen-bond donors (Lipinski definition) is 0. The van der Waals surface area contributed by atoms with Gasteiger partial charge in [-0.05, 0) is 17.5 Å². The molecule has 2 aliphatic heterocycles. The maximum Gasteiger partial charge on any atom is 0.228 e. The van der Waals surface area contributed by atoms with Crippen LogP contribution in [0, 0.1) is 5.92 Å². The fourth-order valence-electron chi connectivity index (χ4n) is 4.38. The van der Waals surface area contributed by atoms with Crippen LogP contribution in [0.5, 0.6) is 0 Å². The second kappa shape index (κ2) is 9.83. The lowest BCUT2D eigenvalue weighted by Crippen LogP contribution is -2.52. The zero-order chi connectivity index (χ0) is 22.6. The molecule has 2 amide bonds. The van der Waals surface area contributed by atoms with Gasteiger partial charge in [-0.3, -0.25) is 9.59 Å². The maximum atomic E-state index is 13.0. The highest BCUT2D eigenvalue weighted by Crippen LogP contribution is 2.22. The second-order valence-corrected chi connectivity index (χ2v) is 10.4. The number of nitrogens with zero attached hydrogens (tertiary/aromatic N) is 3. The molecule has 2 fully saturated rings. The molecule has 0 spiro atoms. The second-order valence-electron chi connectivity index (χ2n) is 8.44. The molecule has 0 bridgehead atoms. The van der Waals surface area contributed by atoms with Gasteiger partial charge < -0.3 is 9.80 Å². The Kier molecular flexibility index (Phi) is 6.91. The number of rotatable bonds is 7. The molecule has 2 aliphatic rings. The van der Waals surface area contributed by atoms with Gasteiger partial charge in [0.25, 0.3) is 0 Å². The van der Waals surface area contributed by atoms with E-state index in [1.54, 1.807) is 21.9 Å². The van der Waals surface area contributed by atoms with Crippen LogP contribution in [0.2, 0.25) is 0 Å². The van der Waals surface area contributed by atoms with Gasteiger partial charge in [0.2, 0.25) is 21.8 Å². The summed E-state index contributed by atoms with van der Waals surface area (Å²) >= 11 is 0. The largest absolute Gasteiger partial charge is 0.342 e. The molecule has 2 heterocycles. The number of amides is 2. The normalized spacial score (nSPS) is 20.0. The maximum absolute atomic E-state index is 13.0. The van der Waals surface area contributed by atoms with Gasteiger partial charge >= 0.3 is 0 Å². The molecule has 4 rings (SSSR count). The Bertz CT molecular complexity index is 1040. The summed E-state index contributed by atoms with van der Waals surface area (Å²) in [5, 5.41) is 0. The number of carbonyl (C=O) groups is 2. The highest BCUT2D eigenvalue weighted by molar-refractivity contribution is 7.88. The molecule has 1 atom stereocenters. The molecule has 0 unspecified atom stereocenters. The summed E-state index contributed by atoms with van der Waals surface area (Å²) in [7, 11) is -3.42. The summed E-state index contributed by atoms with van der Waals surface area (Å²) in [6, 6.07) is 19.1. The standard InChI is InChI=1S/C24H29N3O4S/c28-23-17-22(18-26(23)12-11-20-7-3-1-4-8-20)24(29)25-13-15-27(16-14-25)32(30,31)19-21-9-5-2-6-10-21/h1-10,22H,11-19H2/t22-/m0/s1. The first kappa shape index (κ1) is 22.5. The van der Waals surface area contributed by atoms with Gasteiger partial charge in [0.1, 0.15) is 0 Å². The highest BCUT2D eigenvalue weighted by Gasteiger charge is 2.38. The predicted octanol–water partition coefficient (Wildman–Crippen LogP) is 1.75. The van der Waals surface area contributed by atoms with Crippen molar-refractivity contribution in [3.8, 4) is 0 Å². The van der Waals surface area contributed by atoms with Gasteiger partial charge in [-0.1, -0.05) is 60.7 Å². The minimum absolute atomic E-state index is 0.0170. The van der Waals surface area contributed by atoms with Crippen LogP contribution in [0.25, 0.3) is 0 Å². The van der Waals surface area contributed by atoms with Crippen molar-refractivity contribution in [2.75, 3.05) is 39.3 Å². The third kappa shape index (κ3) is 5.37. The summed E-state index contributed by atoms with van der Waals surface area (Å²) in [4.78, 5) is 28.9. The van der Waals surface area contributed by atoms with Crippen LogP contribution < -0.4 is 0 Å². The van der Waals surface area contributed by atoms with Crippen molar-refractivity contribution in [2.24, 2.45) is 5.92 Å². The Hall–Kier alpha value is -2.71. The fourth-order valence-corrected chi connectivity index (χ4v) is 5.90. The molecule has 170 valence electrons. The van der Waals surface area contributed by atoms with Crippen LogP contribution in [0.4, 0.5) is 0 Å². The molecule has 7 nitrogen and oxygen atoms in total. The van der Waals surface area contributed by atoms with E-state index < -0.39 is 10.0 Å². The topological polar surface area (TPSA) is 78.0 Å². The average molecular weight is 456 g/mol. The van der Waals surface area contributed by atoms with Crippen LogP contribution in [-0.4, -0.2) is 73.6 Å². The highest BCUT2D eigenvalue weighted by atomic mass is 32.2. The molecule has 0 aliphatic carbocycles. The van der Waals surface area contributed by atoms with E-state index >= 15 is 0 Å². The quantitative estimate of drug-likeness (QED) is 0.637. The molecule has 32 heavy (non-hydrogen) atoms. The van der Waals surface area contributed by atoms with E-state index in [4.69, 9.17) is 0 Å². The van der Waals surface area contributed by atoms with Crippen molar-refractivity contribution in [1.29, 1.82) is 0 Å². The van der Waals surface area contributed by atoms with Crippen molar-refractivity contribution in [3.63, 3.8) is 0 Å². The number of hydrogen-bond acceptors (Lipinski definition) is 4. The van der Waals surface area contributed by atoms with Crippen molar-refractivity contribution in [1.82, 2.24) is 14.1 Å². The van der Waals surface area contributed by atoms with E-state index in [2.05, 4.69) is 0 Å². The Balaban J connectivity index is 1.27. The van der Waals surface area contributed by atoms with E-state index in [-0.39, 0.29) is 29.9 Å². The number of benzene rings is 2. The Morgan fingerprint density at radius 2 is 1.47 bits per heavy atom. The van der Waals surface area contributed by atoms with Crippen LogP contribution in [0.15, 0.2) is 60.7 Å². The molecule has 8 heteroatoms. The zero-order valence-electron chi connectivity index (χ0n) is 18.1. The van der Waals surface area contributed by atoms with Crippen LogP contribution in [0.3, 0.4) is 0 Å². The molecule has 2 aromatic carbocycles. The van der Waals surface area contributed by atoms with Gasteiger partial charge in [0.05, 0.1) is 11.7 Å². The van der Waals surface area contributed by atoms with E-state index in [0.29, 0.717) is 39.3 Å². The molecular formula is C24H29N3O4S. The number of carbonyl (C=O) groups excluding carboxylic acids is 2. The first-order valence-electron chi connectivity index (χ1n) is 11.0. The molecule has 0 radical (unpaired) electrons. The first-order chi connectivity index (χ1) is 15.4. The summed E-state index contributed by atoms with van der Waals surface area (Å²) < 4.78 is 26.9. The van der Waals surface area contributed by atoms with Gasteiger partial charge in [0.15, 0.2) is 0 Å². The van der Waals surface area contributed by atoms with E-state index in [9.17, 15) is 18.0 Å². The minimum Gasteiger partial charge on any atom is -0.342 e. The third-order valence-electron chi connectivity index (χ3n) is 6.21. The van der Waals surface area contributed by atoms with Gasteiger partial charge in [-0.15, -0.1) is 0 Å². The number of piperazine rings is 1. The molecule has 0 saturated carbocycles. The summed E-state index contributed by atoms with van der Waals surface area (Å²) in [6.45, 7) is 2.36. The van der Waals surface area contributed by atoms with Crippen molar-refractivity contribution < 1.29 is 18.0 Å². The Morgan fingerprint density at radius 1 is 0.875 bits per heavy atom. The van der Waals surface area contributed by atoms with Crippen molar-refractivity contribution in [3.05, 3.63) is 71.8 Å². The number of sulfonamides is 1. The van der Waals surface area contributed by atoms with Crippen molar-refractivity contribution in [2.45, 2.75) is 18.6 Å². The molecule has 0 aromatic heterocycles. The fraction of sp³-hybridized carbons (Fsp3) is 0.417. The van der Waals surface area contributed by atoms with Crippen LogP contribution in [-0.2, 0) is 31.8 Å². The third-order valence-corrected chi connectivity index (χ3v) is 8.06. The van der Waals surface area contributed by atoms with Crippen LogP contribution in [0.1, 0.15) is 17.5 Å².